The highest BCUT2D eigenvalue weighted by Crippen LogP contribution is 2.44. The topological polar surface area (TPSA) is 75.4 Å². The highest BCUT2D eigenvalue weighted by Gasteiger charge is 2.62. The Morgan fingerprint density at radius 2 is 2.00 bits per heavy atom. The molecule has 1 aliphatic heterocycles. The lowest BCUT2D eigenvalue weighted by Crippen LogP contribution is -2.55. The predicted octanol–water partition coefficient (Wildman–Crippen LogP) is 0.498. The van der Waals surface area contributed by atoms with Crippen LogP contribution in [0.25, 0.3) is 0 Å². The van der Waals surface area contributed by atoms with Gasteiger partial charge in [0.15, 0.2) is 5.41 Å². The summed E-state index contributed by atoms with van der Waals surface area (Å²) < 4.78 is 39.9. The monoisotopic (exact) mass is 295 g/mol. The van der Waals surface area contributed by atoms with Crippen molar-refractivity contribution in [1.82, 2.24) is 10.2 Å². The van der Waals surface area contributed by atoms with Crippen molar-refractivity contribution in [3.05, 3.63) is 0 Å². The van der Waals surface area contributed by atoms with Crippen molar-refractivity contribution in [2.45, 2.75) is 26.4 Å². The van der Waals surface area contributed by atoms with E-state index in [0.29, 0.717) is 0 Å². The first kappa shape index (κ1) is 16.7. The Hall–Kier alpha value is -1.31. The first-order valence-electron chi connectivity index (χ1n) is 6.45. The van der Waals surface area contributed by atoms with Crippen LogP contribution < -0.4 is 11.1 Å². The van der Waals surface area contributed by atoms with Gasteiger partial charge in [-0.3, -0.25) is 9.59 Å². The van der Waals surface area contributed by atoms with Crippen molar-refractivity contribution in [3.63, 3.8) is 0 Å². The summed E-state index contributed by atoms with van der Waals surface area (Å²) in [6.45, 7) is 2.76. The summed E-state index contributed by atoms with van der Waals surface area (Å²) in [5.74, 6) is -1.94. The van der Waals surface area contributed by atoms with Crippen molar-refractivity contribution in [2.24, 2.45) is 17.1 Å². The molecule has 1 unspecified atom stereocenters. The molecule has 0 radical (unpaired) electrons. The Bertz CT molecular complexity index is 377. The Balaban J connectivity index is 3.04. The first-order valence-corrected chi connectivity index (χ1v) is 6.45. The van der Waals surface area contributed by atoms with Crippen LogP contribution in [0.4, 0.5) is 13.2 Å². The minimum absolute atomic E-state index is 0.0575. The molecule has 1 atom stereocenters. The SMILES string of the molecule is CC(C)CN(CC(N)=O)C(=O)C1(C(F)(F)F)CCNC1. The van der Waals surface area contributed by atoms with Gasteiger partial charge in [0.25, 0.3) is 0 Å². The third-order valence-electron chi connectivity index (χ3n) is 3.33. The van der Waals surface area contributed by atoms with Gasteiger partial charge in [-0.15, -0.1) is 0 Å². The van der Waals surface area contributed by atoms with Crippen molar-refractivity contribution >= 4 is 11.8 Å². The minimum Gasteiger partial charge on any atom is -0.368 e. The van der Waals surface area contributed by atoms with Crippen LogP contribution in [0.5, 0.6) is 0 Å². The molecule has 1 fully saturated rings. The molecule has 1 rings (SSSR count). The van der Waals surface area contributed by atoms with Crippen molar-refractivity contribution in [1.29, 1.82) is 0 Å². The molecular formula is C12H20F3N3O2. The predicted molar refractivity (Wildman–Crippen MR) is 66.6 cm³/mol. The van der Waals surface area contributed by atoms with E-state index in [-0.39, 0.29) is 25.4 Å². The van der Waals surface area contributed by atoms with Gasteiger partial charge in [-0.1, -0.05) is 13.8 Å². The van der Waals surface area contributed by atoms with Gasteiger partial charge in [0, 0.05) is 13.1 Å². The van der Waals surface area contributed by atoms with Gasteiger partial charge in [0.2, 0.25) is 11.8 Å². The minimum atomic E-state index is -4.65. The van der Waals surface area contributed by atoms with E-state index >= 15 is 0 Å². The Labute approximate surface area is 115 Å². The zero-order valence-corrected chi connectivity index (χ0v) is 11.6. The number of primary amides is 1. The first-order chi connectivity index (χ1) is 9.10. The van der Waals surface area contributed by atoms with E-state index in [1.807, 2.05) is 0 Å². The van der Waals surface area contributed by atoms with Crippen molar-refractivity contribution < 1.29 is 22.8 Å². The van der Waals surface area contributed by atoms with E-state index in [1.54, 1.807) is 13.8 Å². The molecule has 0 bridgehead atoms. The highest BCUT2D eigenvalue weighted by molar-refractivity contribution is 5.88. The second kappa shape index (κ2) is 5.99. The number of amides is 2. The number of hydrogen-bond donors (Lipinski definition) is 2. The number of carbonyl (C=O) groups is 2. The van der Waals surface area contributed by atoms with Gasteiger partial charge in [0.05, 0.1) is 6.54 Å². The van der Waals surface area contributed by atoms with Crippen LogP contribution in [0.3, 0.4) is 0 Å². The average Bonchev–Trinajstić information content (AvgIpc) is 2.75. The number of carbonyl (C=O) groups excluding carboxylic acids is 2. The molecule has 0 aromatic rings. The van der Waals surface area contributed by atoms with Gasteiger partial charge >= 0.3 is 6.18 Å². The van der Waals surface area contributed by atoms with Gasteiger partial charge in [0.1, 0.15) is 0 Å². The summed E-state index contributed by atoms with van der Waals surface area (Å²) in [6.07, 6.45) is -4.97. The van der Waals surface area contributed by atoms with Crippen LogP contribution in [0.2, 0.25) is 0 Å². The maximum Gasteiger partial charge on any atom is 0.404 e. The molecule has 0 aromatic heterocycles. The Kier molecular flexibility index (Phi) is 5.01. The van der Waals surface area contributed by atoms with E-state index in [9.17, 15) is 22.8 Å². The molecular weight excluding hydrogens is 275 g/mol. The van der Waals surface area contributed by atoms with Crippen LogP contribution in [0.1, 0.15) is 20.3 Å². The van der Waals surface area contributed by atoms with Crippen molar-refractivity contribution in [3.8, 4) is 0 Å². The number of nitrogens with two attached hydrogens (primary N) is 1. The quantitative estimate of drug-likeness (QED) is 0.775. The highest BCUT2D eigenvalue weighted by atomic mass is 19.4. The molecule has 3 N–H and O–H groups in total. The Morgan fingerprint density at radius 3 is 2.35 bits per heavy atom. The molecule has 8 heteroatoms. The van der Waals surface area contributed by atoms with Gasteiger partial charge < -0.3 is 16.0 Å². The van der Waals surface area contributed by atoms with Crippen LogP contribution in [0, 0.1) is 11.3 Å². The third-order valence-corrected chi connectivity index (χ3v) is 3.33. The normalized spacial score (nSPS) is 23.1. The fraction of sp³-hybridized carbons (Fsp3) is 0.833. The molecule has 1 saturated heterocycles. The molecule has 2 amide bonds. The molecule has 1 aliphatic rings. The summed E-state index contributed by atoms with van der Waals surface area (Å²) in [5.41, 5.74) is 2.58. The Morgan fingerprint density at radius 1 is 1.40 bits per heavy atom. The fourth-order valence-electron chi connectivity index (χ4n) is 2.39. The lowest BCUT2D eigenvalue weighted by Gasteiger charge is -2.35. The molecule has 0 aliphatic carbocycles. The second-order valence-corrected chi connectivity index (χ2v) is 5.55. The van der Waals surface area contributed by atoms with E-state index < -0.39 is 36.5 Å². The summed E-state index contributed by atoms with van der Waals surface area (Å²) in [7, 11) is 0. The zero-order chi connectivity index (χ0) is 15.6. The molecule has 0 aromatic carbocycles. The number of nitrogens with one attached hydrogen (secondary N) is 1. The van der Waals surface area contributed by atoms with Crippen LogP contribution in [-0.4, -0.2) is 49.1 Å². The maximum atomic E-state index is 13.3. The zero-order valence-electron chi connectivity index (χ0n) is 11.6. The molecule has 0 spiro atoms. The van der Waals surface area contributed by atoms with Gasteiger partial charge in [-0.2, -0.15) is 13.2 Å². The van der Waals surface area contributed by atoms with Crippen LogP contribution in [0.15, 0.2) is 0 Å². The van der Waals surface area contributed by atoms with Crippen molar-refractivity contribution in [2.75, 3.05) is 26.2 Å². The maximum absolute atomic E-state index is 13.3. The molecule has 5 nitrogen and oxygen atoms in total. The average molecular weight is 295 g/mol. The van der Waals surface area contributed by atoms with E-state index in [0.717, 1.165) is 4.90 Å². The summed E-state index contributed by atoms with van der Waals surface area (Å²) >= 11 is 0. The summed E-state index contributed by atoms with van der Waals surface area (Å²) in [4.78, 5) is 24.3. The standard InChI is InChI=1S/C12H20F3N3O2/c1-8(2)5-18(6-9(16)19)10(20)11(12(13,14)15)3-4-17-7-11/h8,17H,3-7H2,1-2H3,(H2,16,19). The molecule has 1 heterocycles. The lowest BCUT2D eigenvalue weighted by molar-refractivity contribution is -0.222. The van der Waals surface area contributed by atoms with Crippen LogP contribution in [-0.2, 0) is 9.59 Å². The van der Waals surface area contributed by atoms with Gasteiger partial charge in [-0.25, -0.2) is 0 Å². The largest absolute Gasteiger partial charge is 0.404 e. The summed E-state index contributed by atoms with van der Waals surface area (Å²) in [6, 6.07) is 0. The van der Waals surface area contributed by atoms with Crippen LogP contribution >= 0.6 is 0 Å². The number of hydrogen-bond acceptors (Lipinski definition) is 3. The third kappa shape index (κ3) is 3.41. The fourth-order valence-corrected chi connectivity index (χ4v) is 2.39. The second-order valence-electron chi connectivity index (χ2n) is 5.55. The van der Waals surface area contributed by atoms with Gasteiger partial charge in [-0.05, 0) is 18.9 Å². The van der Waals surface area contributed by atoms with E-state index in [2.05, 4.69) is 5.32 Å². The number of halogens is 3. The smallest absolute Gasteiger partial charge is 0.368 e. The molecule has 0 saturated carbocycles. The van der Waals surface area contributed by atoms with E-state index in [4.69, 9.17) is 5.73 Å². The number of alkyl halides is 3. The number of nitrogens with zero attached hydrogens (tertiary/aromatic N) is 1. The molecule has 116 valence electrons. The molecule has 20 heavy (non-hydrogen) atoms. The summed E-state index contributed by atoms with van der Waals surface area (Å²) in [5, 5.41) is 2.58. The lowest BCUT2D eigenvalue weighted by atomic mass is 9.84. The van der Waals surface area contributed by atoms with E-state index in [1.165, 1.54) is 0 Å². The number of rotatable bonds is 5.